The maximum atomic E-state index is 14.2. The Hall–Kier alpha value is -2.08. The van der Waals surface area contributed by atoms with Gasteiger partial charge >= 0.3 is 0 Å². The number of halogens is 1. The quantitative estimate of drug-likeness (QED) is 0.796. The van der Waals surface area contributed by atoms with Gasteiger partial charge in [-0.15, -0.1) is 0 Å². The van der Waals surface area contributed by atoms with Gasteiger partial charge in [-0.05, 0) is 6.07 Å². The Labute approximate surface area is 127 Å². The molecule has 1 saturated heterocycles. The number of fused-ring (bicyclic) bond motifs is 4. The fourth-order valence-corrected chi connectivity index (χ4v) is 3.90. The highest BCUT2D eigenvalue weighted by Gasteiger charge is 2.38. The number of nitrogens with one attached hydrogen (secondary N) is 1. The van der Waals surface area contributed by atoms with Gasteiger partial charge in [0.25, 0.3) is 0 Å². The van der Waals surface area contributed by atoms with E-state index in [1.807, 2.05) is 6.07 Å². The van der Waals surface area contributed by atoms with E-state index in [-0.39, 0.29) is 5.82 Å². The molecule has 0 aliphatic carbocycles. The van der Waals surface area contributed by atoms with Crippen LogP contribution in [0.3, 0.4) is 0 Å². The van der Waals surface area contributed by atoms with Crippen LogP contribution in [0, 0.1) is 5.82 Å². The van der Waals surface area contributed by atoms with E-state index in [1.165, 1.54) is 6.07 Å². The van der Waals surface area contributed by atoms with E-state index in [0.717, 1.165) is 49.5 Å². The topological polar surface area (TPSA) is 40.6 Å². The van der Waals surface area contributed by atoms with Gasteiger partial charge in [-0.1, -0.05) is 12.1 Å². The first kappa shape index (κ1) is 12.5. The van der Waals surface area contributed by atoms with Gasteiger partial charge in [-0.2, -0.15) is 0 Å². The molecule has 1 aromatic carbocycles. The van der Waals surface area contributed by atoms with Crippen LogP contribution >= 0.6 is 0 Å². The maximum Gasteiger partial charge on any atom is 0.240 e. The average Bonchev–Trinajstić information content (AvgIpc) is 2.55. The van der Waals surface area contributed by atoms with Crippen LogP contribution in [-0.4, -0.2) is 50.4 Å². The summed E-state index contributed by atoms with van der Waals surface area (Å²) in [5.74, 6) is 0.297. The van der Waals surface area contributed by atoms with E-state index >= 15 is 0 Å². The van der Waals surface area contributed by atoms with Crippen molar-refractivity contribution in [2.24, 2.45) is 0 Å². The highest BCUT2D eigenvalue weighted by molar-refractivity contribution is 6.02. The molecule has 5 nitrogen and oxygen atoms in total. The lowest BCUT2D eigenvalue weighted by molar-refractivity contribution is 0.289. The maximum absolute atomic E-state index is 14.2. The van der Waals surface area contributed by atoms with E-state index in [0.29, 0.717) is 24.0 Å². The summed E-state index contributed by atoms with van der Waals surface area (Å²) >= 11 is 0. The average molecular weight is 300 g/mol. The third kappa shape index (κ3) is 1.58. The second-order valence-electron chi connectivity index (χ2n) is 6.10. The summed E-state index contributed by atoms with van der Waals surface area (Å²) in [6, 6.07) is 5.62. The van der Waals surface area contributed by atoms with Crippen molar-refractivity contribution in [1.29, 1.82) is 0 Å². The Morgan fingerprint density at radius 3 is 3.18 bits per heavy atom. The van der Waals surface area contributed by atoms with E-state index < -0.39 is 0 Å². The Bertz CT molecular complexity index is 765. The van der Waals surface area contributed by atoms with E-state index in [2.05, 4.69) is 20.1 Å². The number of aromatic nitrogens is 1. The predicted octanol–water partition coefficient (Wildman–Crippen LogP) is 1.36. The number of pyridine rings is 1. The third-order valence-electron chi connectivity index (χ3n) is 4.87. The van der Waals surface area contributed by atoms with Crippen LogP contribution in [0.1, 0.15) is 0 Å². The molecule has 0 bridgehead atoms. The highest BCUT2D eigenvalue weighted by atomic mass is 19.1. The van der Waals surface area contributed by atoms with Gasteiger partial charge in [0.1, 0.15) is 23.6 Å². The third-order valence-corrected chi connectivity index (χ3v) is 4.87. The van der Waals surface area contributed by atoms with Crippen molar-refractivity contribution >= 4 is 22.3 Å². The van der Waals surface area contributed by atoms with Gasteiger partial charge < -0.3 is 19.9 Å². The number of rotatable bonds is 0. The number of nitrogens with zero attached hydrogens (tertiary/aromatic N) is 3. The van der Waals surface area contributed by atoms with Crippen LogP contribution in [0.25, 0.3) is 10.9 Å². The second kappa shape index (κ2) is 4.46. The lowest BCUT2D eigenvalue weighted by atomic mass is 10.0. The molecule has 114 valence electrons. The first-order valence-electron chi connectivity index (χ1n) is 7.80. The number of benzene rings is 1. The zero-order chi connectivity index (χ0) is 14.7. The Kier molecular flexibility index (Phi) is 2.52. The second-order valence-corrected chi connectivity index (χ2v) is 6.10. The summed E-state index contributed by atoms with van der Waals surface area (Å²) in [6.07, 6.45) is 0. The van der Waals surface area contributed by atoms with Crippen molar-refractivity contribution < 1.29 is 9.13 Å². The van der Waals surface area contributed by atoms with Crippen molar-refractivity contribution in [2.45, 2.75) is 6.04 Å². The molecule has 1 aromatic heterocycles. The molecule has 4 heterocycles. The van der Waals surface area contributed by atoms with Crippen LogP contribution in [-0.2, 0) is 0 Å². The smallest absolute Gasteiger partial charge is 0.240 e. The largest absolute Gasteiger partial charge is 0.474 e. The van der Waals surface area contributed by atoms with Gasteiger partial charge in [0, 0.05) is 31.6 Å². The number of ether oxygens (including phenoxy) is 1. The number of anilines is 2. The molecular weight excluding hydrogens is 283 g/mol. The lowest BCUT2D eigenvalue weighted by Gasteiger charge is -2.48. The molecule has 0 radical (unpaired) electrons. The van der Waals surface area contributed by atoms with Gasteiger partial charge in [-0.25, -0.2) is 9.37 Å². The molecule has 0 spiro atoms. The molecule has 1 N–H and O–H groups in total. The van der Waals surface area contributed by atoms with Crippen molar-refractivity contribution in [1.82, 2.24) is 10.3 Å². The summed E-state index contributed by atoms with van der Waals surface area (Å²) in [4.78, 5) is 9.22. The van der Waals surface area contributed by atoms with Crippen LogP contribution in [0.4, 0.5) is 15.8 Å². The van der Waals surface area contributed by atoms with Crippen LogP contribution in [0.15, 0.2) is 18.2 Å². The molecule has 1 atom stereocenters. The molecule has 1 unspecified atom stereocenters. The monoisotopic (exact) mass is 300 g/mol. The minimum atomic E-state index is -0.283. The van der Waals surface area contributed by atoms with E-state index in [1.54, 1.807) is 6.07 Å². The molecule has 6 heteroatoms. The molecule has 3 aliphatic rings. The van der Waals surface area contributed by atoms with Crippen LogP contribution in [0.5, 0.6) is 5.88 Å². The predicted molar refractivity (Wildman–Crippen MR) is 83.4 cm³/mol. The highest BCUT2D eigenvalue weighted by Crippen LogP contribution is 2.47. The molecular formula is C16H17FN4O. The molecule has 1 fully saturated rings. The minimum Gasteiger partial charge on any atom is -0.474 e. The number of para-hydroxylation sites is 1. The fraction of sp³-hybridized carbons (Fsp3) is 0.438. The standard InChI is InChI=1S/C16H17FN4O/c17-12-3-1-2-11-13(12)19-16-15-14(11)21-5-4-18-8-10(21)9-20(15)6-7-22-16/h1-3,10,18H,4-9H2. The molecule has 22 heavy (non-hydrogen) atoms. The minimum absolute atomic E-state index is 0.283. The summed E-state index contributed by atoms with van der Waals surface area (Å²) in [7, 11) is 0. The molecule has 2 aromatic rings. The van der Waals surface area contributed by atoms with Crippen molar-refractivity contribution in [3.05, 3.63) is 24.0 Å². The Morgan fingerprint density at radius 2 is 2.23 bits per heavy atom. The van der Waals surface area contributed by atoms with Gasteiger partial charge in [-0.3, -0.25) is 0 Å². The summed E-state index contributed by atoms with van der Waals surface area (Å²) < 4.78 is 20.0. The number of piperazine rings is 1. The Balaban J connectivity index is 1.85. The number of hydrogen-bond donors (Lipinski definition) is 1. The first-order valence-corrected chi connectivity index (χ1v) is 7.80. The van der Waals surface area contributed by atoms with Crippen molar-refractivity contribution in [2.75, 3.05) is 49.1 Å². The first-order chi connectivity index (χ1) is 10.8. The summed E-state index contributed by atoms with van der Waals surface area (Å²) in [6.45, 7) is 5.29. The fourth-order valence-electron chi connectivity index (χ4n) is 3.90. The summed E-state index contributed by atoms with van der Waals surface area (Å²) in [5, 5.41) is 4.35. The van der Waals surface area contributed by atoms with Gasteiger partial charge in [0.2, 0.25) is 5.88 Å². The van der Waals surface area contributed by atoms with E-state index in [9.17, 15) is 4.39 Å². The Morgan fingerprint density at radius 1 is 1.27 bits per heavy atom. The summed E-state index contributed by atoms with van der Waals surface area (Å²) in [5.41, 5.74) is 2.55. The van der Waals surface area contributed by atoms with Gasteiger partial charge in [0.05, 0.1) is 18.3 Å². The van der Waals surface area contributed by atoms with Crippen molar-refractivity contribution in [3.8, 4) is 5.88 Å². The SMILES string of the molecule is Fc1cccc2c3c4c(nc12)OCCN4CC1CNCCN31. The molecule has 3 aliphatic heterocycles. The van der Waals surface area contributed by atoms with Gasteiger partial charge in [0.15, 0.2) is 0 Å². The van der Waals surface area contributed by atoms with Crippen LogP contribution < -0.4 is 19.9 Å². The zero-order valence-corrected chi connectivity index (χ0v) is 12.2. The number of hydrogen-bond acceptors (Lipinski definition) is 5. The van der Waals surface area contributed by atoms with Crippen LogP contribution in [0.2, 0.25) is 0 Å². The molecule has 0 amide bonds. The lowest BCUT2D eigenvalue weighted by Crippen LogP contribution is -2.60. The van der Waals surface area contributed by atoms with Crippen molar-refractivity contribution in [3.63, 3.8) is 0 Å². The molecule has 5 rings (SSSR count). The molecule has 0 saturated carbocycles. The zero-order valence-electron chi connectivity index (χ0n) is 12.2. The normalized spacial score (nSPS) is 23.0. The van der Waals surface area contributed by atoms with E-state index in [4.69, 9.17) is 4.74 Å².